The van der Waals surface area contributed by atoms with E-state index in [1.807, 2.05) is 34.9 Å². The van der Waals surface area contributed by atoms with Gasteiger partial charge in [-0.15, -0.1) is 0 Å². The maximum atomic E-state index is 12.0. The minimum absolute atomic E-state index is 0.0794. The van der Waals surface area contributed by atoms with Crippen molar-refractivity contribution in [1.82, 2.24) is 4.40 Å². The molecular formula is C25H24N2O4. The average molecular weight is 416 g/mol. The van der Waals surface area contributed by atoms with Gasteiger partial charge in [-0.2, -0.15) is 0 Å². The molecule has 6 heteroatoms. The smallest absolute Gasteiger partial charge is 0.343 e. The van der Waals surface area contributed by atoms with Crippen molar-refractivity contribution in [3.05, 3.63) is 71.9 Å². The van der Waals surface area contributed by atoms with Crippen LogP contribution in [0.5, 0.6) is 5.75 Å². The van der Waals surface area contributed by atoms with Crippen LogP contribution in [0.2, 0.25) is 0 Å². The zero-order valence-corrected chi connectivity index (χ0v) is 17.6. The molecule has 2 aromatic carbocycles. The van der Waals surface area contributed by atoms with Gasteiger partial charge in [-0.05, 0) is 40.5 Å². The summed E-state index contributed by atoms with van der Waals surface area (Å²) < 4.78 is 12.5. The molecular weight excluding hydrogens is 392 g/mol. The van der Waals surface area contributed by atoms with Crippen LogP contribution in [0.3, 0.4) is 0 Å². The van der Waals surface area contributed by atoms with Crippen LogP contribution in [-0.4, -0.2) is 30.0 Å². The minimum atomic E-state index is -0.477. The number of benzene rings is 2. The lowest BCUT2D eigenvalue weighted by Crippen LogP contribution is -2.15. The van der Waals surface area contributed by atoms with Gasteiger partial charge in [0.25, 0.3) is 0 Å². The van der Waals surface area contributed by atoms with Crippen molar-refractivity contribution in [3.63, 3.8) is 0 Å². The number of primary amides is 1. The Balaban J connectivity index is 2.03. The number of methoxy groups -OCH3 is 1. The van der Waals surface area contributed by atoms with E-state index in [4.69, 9.17) is 15.2 Å². The number of fused-ring (bicyclic) bond motifs is 2. The minimum Gasteiger partial charge on any atom is -0.480 e. The van der Waals surface area contributed by atoms with Crippen molar-refractivity contribution in [2.24, 2.45) is 5.73 Å². The van der Waals surface area contributed by atoms with Crippen molar-refractivity contribution in [3.8, 4) is 17.0 Å². The molecule has 0 aliphatic heterocycles. The molecule has 2 aromatic heterocycles. The second kappa shape index (κ2) is 8.52. The first-order valence-corrected chi connectivity index (χ1v) is 10.2. The van der Waals surface area contributed by atoms with Gasteiger partial charge < -0.3 is 19.6 Å². The fourth-order valence-electron chi connectivity index (χ4n) is 4.18. The van der Waals surface area contributed by atoms with E-state index in [0.29, 0.717) is 12.2 Å². The number of nitrogens with zero attached hydrogens (tertiary/aromatic N) is 1. The van der Waals surface area contributed by atoms with Crippen LogP contribution >= 0.6 is 0 Å². The lowest BCUT2D eigenvalue weighted by molar-refractivity contribution is -0.142. The van der Waals surface area contributed by atoms with Crippen LogP contribution in [0, 0.1) is 0 Å². The summed E-state index contributed by atoms with van der Waals surface area (Å²) in [6.45, 7) is 1.84. The monoisotopic (exact) mass is 416 g/mol. The fourth-order valence-corrected chi connectivity index (χ4v) is 4.18. The van der Waals surface area contributed by atoms with E-state index in [1.54, 1.807) is 6.07 Å². The summed E-state index contributed by atoms with van der Waals surface area (Å²) in [6, 6.07) is 18.0. The molecule has 0 aliphatic rings. The molecule has 0 spiro atoms. The number of hydrogen-bond acceptors (Lipinski definition) is 4. The Morgan fingerprint density at radius 2 is 1.77 bits per heavy atom. The molecule has 0 aliphatic carbocycles. The number of carbonyl (C=O) groups excluding carboxylic acids is 2. The summed E-state index contributed by atoms with van der Waals surface area (Å²) in [6.07, 6.45) is 2.73. The van der Waals surface area contributed by atoms with E-state index < -0.39 is 11.9 Å². The van der Waals surface area contributed by atoms with Crippen LogP contribution in [0.15, 0.2) is 60.8 Å². The Morgan fingerprint density at radius 1 is 1.00 bits per heavy atom. The molecule has 4 aromatic rings. The molecule has 0 atom stereocenters. The Hall–Kier alpha value is -3.80. The molecule has 2 heterocycles. The number of esters is 1. The highest BCUT2D eigenvalue weighted by molar-refractivity contribution is 5.99. The Bertz CT molecular complexity index is 1280. The molecule has 2 N–H and O–H groups in total. The van der Waals surface area contributed by atoms with Crippen molar-refractivity contribution in [1.29, 1.82) is 0 Å². The zero-order valence-electron chi connectivity index (χ0n) is 17.6. The van der Waals surface area contributed by atoms with Gasteiger partial charge in [-0.3, -0.25) is 4.79 Å². The van der Waals surface area contributed by atoms with Crippen LogP contribution < -0.4 is 10.5 Å². The number of aromatic nitrogens is 1. The lowest BCUT2D eigenvalue weighted by atomic mass is 9.96. The molecule has 0 saturated heterocycles. The highest BCUT2D eigenvalue weighted by Gasteiger charge is 2.23. The van der Waals surface area contributed by atoms with E-state index in [2.05, 4.69) is 31.2 Å². The number of hydrogen-bond donors (Lipinski definition) is 1. The summed E-state index contributed by atoms with van der Waals surface area (Å²) in [5.41, 5.74) is 10.3. The van der Waals surface area contributed by atoms with Gasteiger partial charge >= 0.3 is 5.97 Å². The Morgan fingerprint density at radius 3 is 2.52 bits per heavy atom. The number of rotatable bonds is 7. The van der Waals surface area contributed by atoms with Crippen molar-refractivity contribution >= 4 is 28.2 Å². The predicted molar refractivity (Wildman–Crippen MR) is 120 cm³/mol. The highest BCUT2D eigenvalue weighted by atomic mass is 16.6. The van der Waals surface area contributed by atoms with Crippen LogP contribution in [0.1, 0.15) is 18.1 Å². The molecule has 0 saturated carbocycles. The molecule has 0 bridgehead atoms. The quantitative estimate of drug-likeness (QED) is 0.463. The number of amides is 1. The van der Waals surface area contributed by atoms with Crippen molar-refractivity contribution in [2.45, 2.75) is 19.8 Å². The number of nitrogens with two attached hydrogens (primary N) is 1. The van der Waals surface area contributed by atoms with Gasteiger partial charge in [0.1, 0.15) is 5.75 Å². The predicted octanol–water partition coefficient (Wildman–Crippen LogP) is 3.90. The van der Waals surface area contributed by atoms with Crippen molar-refractivity contribution in [2.75, 3.05) is 13.7 Å². The molecule has 0 fully saturated rings. The van der Waals surface area contributed by atoms with Gasteiger partial charge in [-0.25, -0.2) is 4.79 Å². The standard InChI is InChI=1S/C25H24N2O4/c1-3-17-20(14-22(26)28)25-21(31-15-23(29)30-2)12-7-13-27(25)24(17)19-11-6-9-16-8-4-5-10-18(16)19/h4-13H,3,14-15H2,1-2H3,(H2,26,28). The van der Waals surface area contributed by atoms with E-state index in [9.17, 15) is 9.59 Å². The Kier molecular flexibility index (Phi) is 5.62. The van der Waals surface area contributed by atoms with E-state index >= 15 is 0 Å². The van der Waals surface area contributed by atoms with Gasteiger partial charge in [-0.1, -0.05) is 49.4 Å². The topological polar surface area (TPSA) is 83.0 Å². The van der Waals surface area contributed by atoms with E-state index in [1.165, 1.54) is 7.11 Å². The molecule has 0 radical (unpaired) electrons. The summed E-state index contributed by atoms with van der Waals surface area (Å²) >= 11 is 0. The number of ether oxygens (including phenoxy) is 2. The van der Waals surface area contributed by atoms with Gasteiger partial charge in [0.05, 0.1) is 24.7 Å². The maximum Gasteiger partial charge on any atom is 0.343 e. The molecule has 1 amide bonds. The first-order valence-electron chi connectivity index (χ1n) is 10.2. The van der Waals surface area contributed by atoms with E-state index in [0.717, 1.165) is 38.7 Å². The van der Waals surface area contributed by atoms with Crippen molar-refractivity contribution < 1.29 is 19.1 Å². The molecule has 6 nitrogen and oxygen atoms in total. The summed E-state index contributed by atoms with van der Waals surface area (Å²) in [5, 5.41) is 2.25. The molecule has 158 valence electrons. The first kappa shape index (κ1) is 20.5. The Labute approximate surface area is 180 Å². The second-order valence-electron chi connectivity index (χ2n) is 7.28. The second-order valence-corrected chi connectivity index (χ2v) is 7.28. The largest absolute Gasteiger partial charge is 0.480 e. The first-order chi connectivity index (χ1) is 15.0. The third-order valence-electron chi connectivity index (χ3n) is 5.46. The molecule has 0 unspecified atom stereocenters. The van der Waals surface area contributed by atoms with Gasteiger partial charge in [0.2, 0.25) is 5.91 Å². The van der Waals surface area contributed by atoms with Gasteiger partial charge in [0.15, 0.2) is 6.61 Å². The van der Waals surface area contributed by atoms with Crippen LogP contribution in [0.25, 0.3) is 27.5 Å². The third kappa shape index (κ3) is 3.72. The third-order valence-corrected chi connectivity index (χ3v) is 5.46. The zero-order chi connectivity index (χ0) is 22.0. The molecule has 4 rings (SSSR count). The van der Waals surface area contributed by atoms with Crippen LogP contribution in [0.4, 0.5) is 0 Å². The normalized spacial score (nSPS) is 11.0. The summed E-state index contributed by atoms with van der Waals surface area (Å²) in [7, 11) is 1.32. The summed E-state index contributed by atoms with van der Waals surface area (Å²) in [5.74, 6) is -0.394. The van der Waals surface area contributed by atoms with E-state index in [-0.39, 0.29) is 13.0 Å². The highest BCUT2D eigenvalue weighted by Crippen LogP contribution is 2.39. The van der Waals surface area contributed by atoms with Gasteiger partial charge in [0, 0.05) is 11.8 Å². The molecule has 31 heavy (non-hydrogen) atoms. The maximum absolute atomic E-state index is 12.0. The summed E-state index contributed by atoms with van der Waals surface area (Å²) in [4.78, 5) is 23.6. The average Bonchev–Trinajstić information content (AvgIpc) is 3.10. The fraction of sp³-hybridized carbons (Fsp3) is 0.200. The number of carbonyl (C=O) groups is 2. The number of pyridine rings is 1. The SMILES string of the molecule is CCc1c(CC(N)=O)c2c(OCC(=O)OC)cccn2c1-c1cccc2ccccc12. The lowest BCUT2D eigenvalue weighted by Gasteiger charge is -2.11. The van der Waals surface area contributed by atoms with Crippen LogP contribution in [-0.2, 0) is 27.2 Å².